The maximum atomic E-state index is 12.3. The molecule has 0 aromatic heterocycles. The number of carbonyl (C=O) groups is 2. The van der Waals surface area contributed by atoms with E-state index in [-0.39, 0.29) is 17.9 Å². The van der Waals surface area contributed by atoms with Gasteiger partial charge in [-0.05, 0) is 47.0 Å². The molecule has 0 aromatic carbocycles. The van der Waals surface area contributed by atoms with Crippen LogP contribution in [0.3, 0.4) is 0 Å². The lowest BCUT2D eigenvalue weighted by molar-refractivity contribution is -0.157. The van der Waals surface area contributed by atoms with E-state index in [0.717, 1.165) is 0 Å². The molecule has 0 heterocycles. The van der Waals surface area contributed by atoms with Crippen molar-refractivity contribution < 1.29 is 19.1 Å². The number of hydrogen-bond acceptors (Lipinski definition) is 5. The third-order valence-corrected chi connectivity index (χ3v) is 3.75. The Hall–Kier alpha value is -1.39. The van der Waals surface area contributed by atoms with Crippen LogP contribution < -0.4 is 0 Å². The van der Waals surface area contributed by atoms with E-state index >= 15 is 0 Å². The van der Waals surface area contributed by atoms with E-state index in [0.29, 0.717) is 12.1 Å². The molecule has 0 aromatic rings. The van der Waals surface area contributed by atoms with Crippen molar-refractivity contribution in [2.75, 3.05) is 7.11 Å². The maximum Gasteiger partial charge on any atom is 0.331 e. The van der Waals surface area contributed by atoms with Gasteiger partial charge in [0.2, 0.25) is 0 Å². The number of esters is 2. The number of ether oxygens (including phenoxy) is 2. The molecule has 0 N–H and O–H groups in total. The standard InChI is InChI=1S/C17H31NO4/c1-10-17(8,15(20)21-9)12(4)18-13(11(2)3)14(19)22-16(5,6)7/h11,13H,10H2,1-9H3/t13-,17-/m0/s1. The average Bonchev–Trinajstić information content (AvgIpc) is 2.39. The second-order valence-corrected chi connectivity index (χ2v) is 7.11. The van der Waals surface area contributed by atoms with E-state index in [2.05, 4.69) is 4.99 Å². The summed E-state index contributed by atoms with van der Waals surface area (Å²) in [4.78, 5) is 28.9. The van der Waals surface area contributed by atoms with Crippen molar-refractivity contribution >= 4 is 17.7 Å². The normalized spacial score (nSPS) is 16.9. The van der Waals surface area contributed by atoms with Gasteiger partial charge in [0.05, 0.1) is 7.11 Å². The lowest BCUT2D eigenvalue weighted by atomic mass is 9.82. The van der Waals surface area contributed by atoms with Gasteiger partial charge in [0.25, 0.3) is 0 Å². The van der Waals surface area contributed by atoms with Crippen LogP contribution in [0.5, 0.6) is 0 Å². The molecule has 0 aliphatic carbocycles. The van der Waals surface area contributed by atoms with Crippen molar-refractivity contribution in [1.29, 1.82) is 0 Å². The highest BCUT2D eigenvalue weighted by Crippen LogP contribution is 2.27. The van der Waals surface area contributed by atoms with E-state index in [1.807, 2.05) is 41.5 Å². The lowest BCUT2D eigenvalue weighted by Crippen LogP contribution is -2.39. The fourth-order valence-corrected chi connectivity index (χ4v) is 1.96. The SMILES string of the molecule is CC[C@](C)(C(=O)OC)C(C)=N[C@H](C(=O)OC(C)(C)C)C(C)C. The van der Waals surface area contributed by atoms with Gasteiger partial charge in [-0.3, -0.25) is 9.79 Å². The van der Waals surface area contributed by atoms with Gasteiger partial charge >= 0.3 is 11.9 Å². The minimum atomic E-state index is -0.829. The minimum Gasteiger partial charge on any atom is -0.468 e. The number of aliphatic imine (C=N–C) groups is 1. The zero-order valence-electron chi connectivity index (χ0n) is 15.4. The zero-order chi connectivity index (χ0) is 17.7. The zero-order valence-corrected chi connectivity index (χ0v) is 15.4. The Labute approximate surface area is 134 Å². The number of methoxy groups -OCH3 is 1. The summed E-state index contributed by atoms with van der Waals surface area (Å²) in [5.41, 5.74) is -0.806. The van der Waals surface area contributed by atoms with E-state index in [1.165, 1.54) is 7.11 Å². The third kappa shape index (κ3) is 5.43. The fraction of sp³-hybridized carbons (Fsp3) is 0.824. The molecular weight excluding hydrogens is 282 g/mol. The van der Waals surface area contributed by atoms with Gasteiger partial charge in [-0.1, -0.05) is 20.8 Å². The van der Waals surface area contributed by atoms with Crippen molar-refractivity contribution in [1.82, 2.24) is 0 Å². The Balaban J connectivity index is 5.54. The first-order chi connectivity index (χ1) is 9.89. The van der Waals surface area contributed by atoms with E-state index in [1.54, 1.807) is 13.8 Å². The highest BCUT2D eigenvalue weighted by atomic mass is 16.6. The fourth-order valence-electron chi connectivity index (χ4n) is 1.96. The number of nitrogens with zero attached hydrogens (tertiary/aromatic N) is 1. The number of rotatable bonds is 6. The summed E-state index contributed by atoms with van der Waals surface area (Å²) in [6, 6.07) is -0.630. The van der Waals surface area contributed by atoms with Crippen LogP contribution in [0.1, 0.15) is 61.8 Å². The van der Waals surface area contributed by atoms with Crippen LogP contribution >= 0.6 is 0 Å². The predicted octanol–water partition coefficient (Wildman–Crippen LogP) is 3.40. The highest BCUT2D eigenvalue weighted by molar-refractivity contribution is 6.05. The molecule has 0 spiro atoms. The first-order valence-corrected chi connectivity index (χ1v) is 7.75. The van der Waals surface area contributed by atoms with Crippen LogP contribution in [0.25, 0.3) is 0 Å². The summed E-state index contributed by atoms with van der Waals surface area (Å²) >= 11 is 0. The van der Waals surface area contributed by atoms with Gasteiger partial charge in [0, 0.05) is 5.71 Å². The van der Waals surface area contributed by atoms with Gasteiger partial charge in [-0.2, -0.15) is 0 Å². The molecule has 0 unspecified atom stereocenters. The van der Waals surface area contributed by atoms with E-state index in [4.69, 9.17) is 9.47 Å². The Morgan fingerprint density at radius 3 is 1.95 bits per heavy atom. The largest absolute Gasteiger partial charge is 0.468 e. The summed E-state index contributed by atoms with van der Waals surface area (Å²) in [6.07, 6.45) is 0.550. The molecule has 5 nitrogen and oxygen atoms in total. The van der Waals surface area contributed by atoms with Gasteiger partial charge < -0.3 is 9.47 Å². The average molecular weight is 313 g/mol. The minimum absolute atomic E-state index is 0.0245. The molecule has 0 saturated heterocycles. The quantitative estimate of drug-likeness (QED) is 0.557. The third-order valence-electron chi connectivity index (χ3n) is 3.75. The van der Waals surface area contributed by atoms with Crippen LogP contribution in [0.15, 0.2) is 4.99 Å². The molecule has 0 radical (unpaired) electrons. The number of hydrogen-bond donors (Lipinski definition) is 0. The van der Waals surface area contributed by atoms with Crippen LogP contribution in [-0.4, -0.2) is 36.4 Å². The molecule has 2 atom stereocenters. The first kappa shape index (κ1) is 20.6. The highest BCUT2D eigenvalue weighted by Gasteiger charge is 2.37. The predicted molar refractivity (Wildman–Crippen MR) is 88.0 cm³/mol. The molecule has 0 amide bonds. The molecule has 0 bridgehead atoms. The molecular formula is C17H31NO4. The van der Waals surface area contributed by atoms with Gasteiger partial charge in [0.1, 0.15) is 17.1 Å². The van der Waals surface area contributed by atoms with E-state index < -0.39 is 17.1 Å². The first-order valence-electron chi connectivity index (χ1n) is 7.75. The smallest absolute Gasteiger partial charge is 0.331 e. The summed E-state index contributed by atoms with van der Waals surface area (Å²) in [5.74, 6) is -0.739. The van der Waals surface area contributed by atoms with Crippen LogP contribution in [-0.2, 0) is 19.1 Å². The molecule has 22 heavy (non-hydrogen) atoms. The van der Waals surface area contributed by atoms with Crippen LogP contribution in [0, 0.1) is 11.3 Å². The Morgan fingerprint density at radius 1 is 1.14 bits per heavy atom. The molecule has 0 saturated carbocycles. The molecule has 0 aliphatic heterocycles. The van der Waals surface area contributed by atoms with Crippen molar-refractivity contribution in [3.8, 4) is 0 Å². The topological polar surface area (TPSA) is 65.0 Å². The van der Waals surface area contributed by atoms with Gasteiger partial charge in [0.15, 0.2) is 0 Å². The van der Waals surface area contributed by atoms with Gasteiger partial charge in [-0.15, -0.1) is 0 Å². The van der Waals surface area contributed by atoms with Gasteiger partial charge in [-0.25, -0.2) is 4.79 Å². The Bertz CT molecular complexity index is 434. The second kappa shape index (κ2) is 7.75. The lowest BCUT2D eigenvalue weighted by Gasteiger charge is -2.28. The van der Waals surface area contributed by atoms with Crippen molar-refractivity contribution in [2.24, 2.45) is 16.3 Å². The summed E-state index contributed by atoms with van der Waals surface area (Å²) in [6.45, 7) is 14.7. The van der Waals surface area contributed by atoms with Crippen molar-refractivity contribution in [3.63, 3.8) is 0 Å². The number of carbonyl (C=O) groups excluding carboxylic acids is 2. The molecule has 0 aliphatic rings. The van der Waals surface area contributed by atoms with Crippen molar-refractivity contribution in [3.05, 3.63) is 0 Å². The molecule has 5 heteroatoms. The Kier molecular flexibility index (Phi) is 7.26. The monoisotopic (exact) mass is 313 g/mol. The van der Waals surface area contributed by atoms with Crippen LogP contribution in [0.4, 0.5) is 0 Å². The summed E-state index contributed by atoms with van der Waals surface area (Å²) in [7, 11) is 1.36. The summed E-state index contributed by atoms with van der Waals surface area (Å²) < 4.78 is 10.3. The molecule has 0 fully saturated rings. The Morgan fingerprint density at radius 2 is 1.64 bits per heavy atom. The second-order valence-electron chi connectivity index (χ2n) is 7.11. The summed E-state index contributed by atoms with van der Waals surface area (Å²) in [5, 5.41) is 0. The van der Waals surface area contributed by atoms with Crippen molar-refractivity contribution in [2.45, 2.75) is 73.5 Å². The maximum absolute atomic E-state index is 12.3. The van der Waals surface area contributed by atoms with E-state index in [9.17, 15) is 9.59 Å². The molecule has 128 valence electrons. The van der Waals surface area contributed by atoms with Crippen LogP contribution in [0.2, 0.25) is 0 Å². The molecule has 0 rings (SSSR count).